The zero-order valence-corrected chi connectivity index (χ0v) is 14.9. The van der Waals surface area contributed by atoms with E-state index in [1.165, 1.54) is 5.56 Å². The fourth-order valence-corrected chi connectivity index (χ4v) is 2.70. The molecule has 1 amide bonds. The van der Waals surface area contributed by atoms with Crippen LogP contribution in [0.2, 0.25) is 0 Å². The summed E-state index contributed by atoms with van der Waals surface area (Å²) in [5.74, 6) is -0.0232. The van der Waals surface area contributed by atoms with Crippen molar-refractivity contribution < 1.29 is 4.79 Å². The molecule has 0 saturated carbocycles. The third-order valence-corrected chi connectivity index (χ3v) is 3.99. The van der Waals surface area contributed by atoms with Crippen LogP contribution in [0.5, 0.6) is 0 Å². The Labute approximate surface area is 154 Å². The first-order valence-electron chi connectivity index (χ1n) is 7.49. The molecule has 0 atom stereocenters. The Morgan fingerprint density at radius 3 is 2.33 bits per heavy atom. The van der Waals surface area contributed by atoms with Crippen LogP contribution in [0.1, 0.15) is 15.9 Å². The number of nitrogens with zero attached hydrogens (tertiary/aromatic N) is 3. The van der Waals surface area contributed by atoms with Crippen LogP contribution < -0.4 is 5.73 Å². The van der Waals surface area contributed by atoms with Crippen molar-refractivity contribution in [3.05, 3.63) is 59.9 Å². The lowest BCUT2D eigenvalue weighted by Crippen LogP contribution is -2.48. The molecular formula is C17H22Cl2N4O. The van der Waals surface area contributed by atoms with Crippen molar-refractivity contribution in [3.63, 3.8) is 0 Å². The predicted molar refractivity (Wildman–Crippen MR) is 101 cm³/mol. The molecule has 130 valence electrons. The van der Waals surface area contributed by atoms with Gasteiger partial charge in [0, 0.05) is 50.8 Å². The summed E-state index contributed by atoms with van der Waals surface area (Å²) in [5, 5.41) is 0. The van der Waals surface area contributed by atoms with Crippen LogP contribution in [0.25, 0.3) is 0 Å². The summed E-state index contributed by atoms with van der Waals surface area (Å²) in [6.45, 7) is 4.12. The zero-order valence-electron chi connectivity index (χ0n) is 13.3. The van der Waals surface area contributed by atoms with Gasteiger partial charge in [0.25, 0.3) is 5.91 Å². The summed E-state index contributed by atoms with van der Waals surface area (Å²) in [5.41, 5.74) is 8.16. The third kappa shape index (κ3) is 4.84. The molecule has 1 aliphatic heterocycles. The molecule has 3 rings (SSSR count). The number of nitrogen functional groups attached to an aromatic ring is 1. The molecule has 0 aliphatic carbocycles. The van der Waals surface area contributed by atoms with Gasteiger partial charge in [-0.3, -0.25) is 14.7 Å². The second-order valence-corrected chi connectivity index (χ2v) is 5.52. The van der Waals surface area contributed by atoms with Gasteiger partial charge in [-0.25, -0.2) is 0 Å². The number of carbonyl (C=O) groups excluding carboxylic acids is 1. The number of rotatable bonds is 3. The van der Waals surface area contributed by atoms with Crippen LogP contribution in [0.3, 0.4) is 0 Å². The topological polar surface area (TPSA) is 62.5 Å². The van der Waals surface area contributed by atoms with Crippen molar-refractivity contribution in [1.29, 1.82) is 0 Å². The molecule has 0 bridgehead atoms. The van der Waals surface area contributed by atoms with Gasteiger partial charge in [-0.05, 0) is 11.6 Å². The molecule has 1 saturated heterocycles. The number of piperazine rings is 1. The minimum absolute atomic E-state index is 0. The molecule has 24 heavy (non-hydrogen) atoms. The number of pyridine rings is 1. The first kappa shape index (κ1) is 20.2. The standard InChI is InChI=1S/C17H20N4O.2ClH/c18-16-6-7-19-12-15(16)17(22)21-10-8-20(9-11-21)13-14-4-2-1-3-5-14;;/h1-7,12H,8-11,13H2,(H2,18,19);2*1H. The van der Waals surface area contributed by atoms with E-state index in [0.29, 0.717) is 11.3 Å². The monoisotopic (exact) mass is 368 g/mol. The third-order valence-electron chi connectivity index (χ3n) is 3.99. The van der Waals surface area contributed by atoms with E-state index in [2.05, 4.69) is 34.1 Å². The highest BCUT2D eigenvalue weighted by Crippen LogP contribution is 2.15. The Hall–Kier alpha value is -1.82. The molecule has 2 heterocycles. The lowest BCUT2D eigenvalue weighted by molar-refractivity contribution is 0.0629. The predicted octanol–water partition coefficient (Wildman–Crippen LogP) is 2.47. The average molecular weight is 369 g/mol. The normalized spacial score (nSPS) is 14.4. The van der Waals surface area contributed by atoms with Crippen LogP contribution in [0, 0.1) is 0 Å². The van der Waals surface area contributed by atoms with E-state index in [4.69, 9.17) is 5.73 Å². The summed E-state index contributed by atoms with van der Waals surface area (Å²) in [6.07, 6.45) is 3.15. The highest BCUT2D eigenvalue weighted by Gasteiger charge is 2.23. The molecule has 0 spiro atoms. The summed E-state index contributed by atoms with van der Waals surface area (Å²) in [6, 6.07) is 12.1. The van der Waals surface area contributed by atoms with Crippen LogP contribution in [0.4, 0.5) is 5.69 Å². The van der Waals surface area contributed by atoms with Gasteiger partial charge in [-0.15, -0.1) is 24.8 Å². The quantitative estimate of drug-likeness (QED) is 0.903. The number of amides is 1. The Balaban J connectivity index is 0.00000144. The molecule has 1 aromatic heterocycles. The lowest BCUT2D eigenvalue weighted by atomic mass is 10.1. The van der Waals surface area contributed by atoms with Gasteiger partial charge >= 0.3 is 0 Å². The largest absolute Gasteiger partial charge is 0.398 e. The first-order valence-corrected chi connectivity index (χ1v) is 7.49. The van der Waals surface area contributed by atoms with Gasteiger partial charge in [0.15, 0.2) is 0 Å². The SMILES string of the molecule is Cl.Cl.Nc1ccncc1C(=O)N1CCN(Cc2ccccc2)CC1. The summed E-state index contributed by atoms with van der Waals surface area (Å²) in [4.78, 5) is 20.7. The highest BCUT2D eigenvalue weighted by molar-refractivity contribution is 5.98. The van der Waals surface area contributed by atoms with Crippen molar-refractivity contribution in [2.45, 2.75) is 6.54 Å². The van der Waals surface area contributed by atoms with E-state index in [1.54, 1.807) is 18.5 Å². The van der Waals surface area contributed by atoms with E-state index < -0.39 is 0 Å². The van der Waals surface area contributed by atoms with E-state index >= 15 is 0 Å². The maximum absolute atomic E-state index is 12.5. The van der Waals surface area contributed by atoms with Crippen molar-refractivity contribution >= 4 is 36.4 Å². The lowest BCUT2D eigenvalue weighted by Gasteiger charge is -2.34. The number of hydrogen-bond acceptors (Lipinski definition) is 4. The number of nitrogens with two attached hydrogens (primary N) is 1. The Kier molecular flexibility index (Phi) is 7.98. The Bertz CT molecular complexity index is 646. The maximum atomic E-state index is 12.5. The van der Waals surface area contributed by atoms with Gasteiger partial charge in [-0.1, -0.05) is 30.3 Å². The zero-order chi connectivity index (χ0) is 15.4. The van der Waals surface area contributed by atoms with Crippen molar-refractivity contribution in [2.75, 3.05) is 31.9 Å². The minimum Gasteiger partial charge on any atom is -0.398 e. The number of aromatic nitrogens is 1. The molecule has 7 heteroatoms. The highest BCUT2D eigenvalue weighted by atomic mass is 35.5. The molecule has 0 radical (unpaired) electrons. The number of hydrogen-bond donors (Lipinski definition) is 1. The molecule has 1 aromatic carbocycles. The summed E-state index contributed by atoms with van der Waals surface area (Å²) >= 11 is 0. The van der Waals surface area contributed by atoms with Gasteiger partial charge in [0.1, 0.15) is 0 Å². The summed E-state index contributed by atoms with van der Waals surface area (Å²) in [7, 11) is 0. The van der Waals surface area contributed by atoms with Gasteiger partial charge in [0.05, 0.1) is 5.56 Å². The van der Waals surface area contributed by atoms with Crippen molar-refractivity contribution in [1.82, 2.24) is 14.8 Å². The maximum Gasteiger partial charge on any atom is 0.257 e. The number of benzene rings is 1. The minimum atomic E-state index is -0.0232. The number of anilines is 1. The molecule has 5 nitrogen and oxygen atoms in total. The molecule has 1 fully saturated rings. The van der Waals surface area contributed by atoms with Gasteiger partial charge in [0.2, 0.25) is 0 Å². The molecule has 0 unspecified atom stereocenters. The second-order valence-electron chi connectivity index (χ2n) is 5.52. The second kappa shape index (κ2) is 9.47. The van der Waals surface area contributed by atoms with Gasteiger partial charge in [-0.2, -0.15) is 0 Å². The molecule has 2 aromatic rings. The fourth-order valence-electron chi connectivity index (χ4n) is 2.70. The van der Waals surface area contributed by atoms with Crippen molar-refractivity contribution in [3.8, 4) is 0 Å². The van der Waals surface area contributed by atoms with Crippen LogP contribution in [0.15, 0.2) is 48.8 Å². The fraction of sp³-hybridized carbons (Fsp3) is 0.294. The van der Waals surface area contributed by atoms with Crippen LogP contribution >= 0.6 is 24.8 Å². The van der Waals surface area contributed by atoms with E-state index in [-0.39, 0.29) is 30.7 Å². The average Bonchev–Trinajstić information content (AvgIpc) is 2.56. The molecular weight excluding hydrogens is 347 g/mol. The number of carbonyl (C=O) groups is 1. The Morgan fingerprint density at radius 2 is 1.71 bits per heavy atom. The van der Waals surface area contributed by atoms with Gasteiger partial charge < -0.3 is 10.6 Å². The molecule has 1 aliphatic rings. The molecule has 2 N–H and O–H groups in total. The summed E-state index contributed by atoms with van der Waals surface area (Å²) < 4.78 is 0. The van der Waals surface area contributed by atoms with E-state index in [9.17, 15) is 4.79 Å². The number of halogens is 2. The van der Waals surface area contributed by atoms with E-state index in [0.717, 1.165) is 32.7 Å². The Morgan fingerprint density at radius 1 is 1.04 bits per heavy atom. The first-order chi connectivity index (χ1) is 10.7. The van der Waals surface area contributed by atoms with Crippen molar-refractivity contribution in [2.24, 2.45) is 0 Å². The smallest absolute Gasteiger partial charge is 0.257 e. The van der Waals surface area contributed by atoms with Crippen LogP contribution in [-0.2, 0) is 6.54 Å². The van der Waals surface area contributed by atoms with E-state index in [1.807, 2.05) is 11.0 Å². The van der Waals surface area contributed by atoms with Crippen LogP contribution in [-0.4, -0.2) is 46.9 Å².